The van der Waals surface area contributed by atoms with Gasteiger partial charge >= 0.3 is 0 Å². The molecule has 4 heteroatoms. The average Bonchev–Trinajstić information content (AvgIpc) is 2.29. The highest BCUT2D eigenvalue weighted by atomic mass is 16.2. The number of carbonyl (C=O) groups excluding carboxylic acids is 1. The minimum atomic E-state index is 0.192. The lowest BCUT2D eigenvalue weighted by atomic mass is 10.2. The van der Waals surface area contributed by atoms with Crippen molar-refractivity contribution in [1.82, 2.24) is 15.2 Å². The lowest BCUT2D eigenvalue weighted by Gasteiger charge is -2.27. The second-order valence-corrected chi connectivity index (χ2v) is 3.63. The van der Waals surface area contributed by atoms with Crippen LogP contribution in [0.3, 0.4) is 0 Å². The molecule has 4 nitrogen and oxygen atoms in total. The number of piperazine rings is 1. The number of hydrogen-bond acceptors (Lipinski definition) is 3. The molecule has 80 valence electrons. The van der Waals surface area contributed by atoms with E-state index in [2.05, 4.69) is 10.3 Å². The van der Waals surface area contributed by atoms with Crippen molar-refractivity contribution in [3.8, 4) is 0 Å². The van der Waals surface area contributed by atoms with Crippen molar-refractivity contribution in [1.29, 1.82) is 0 Å². The van der Waals surface area contributed by atoms with Crippen molar-refractivity contribution in [3.05, 3.63) is 30.1 Å². The van der Waals surface area contributed by atoms with Crippen LogP contribution < -0.4 is 5.32 Å². The van der Waals surface area contributed by atoms with E-state index in [1.54, 1.807) is 6.20 Å². The van der Waals surface area contributed by atoms with Gasteiger partial charge in [0.15, 0.2) is 0 Å². The van der Waals surface area contributed by atoms with Gasteiger partial charge in [-0.1, -0.05) is 6.07 Å². The molecule has 2 rings (SSSR count). The lowest BCUT2D eigenvalue weighted by molar-refractivity contribution is -0.131. The zero-order chi connectivity index (χ0) is 10.5. The standard InChI is InChI=1S/C11H15N3O/c15-11-9-12-6-8-14(11)7-4-10-3-1-2-5-13-10/h1-3,5,12H,4,6-9H2. The smallest absolute Gasteiger partial charge is 0.236 e. The topological polar surface area (TPSA) is 45.2 Å². The zero-order valence-electron chi connectivity index (χ0n) is 8.65. The molecule has 1 aliphatic heterocycles. The molecule has 1 aliphatic rings. The van der Waals surface area contributed by atoms with E-state index >= 15 is 0 Å². The highest BCUT2D eigenvalue weighted by molar-refractivity contribution is 5.78. The molecule has 0 bridgehead atoms. The van der Waals surface area contributed by atoms with Gasteiger partial charge in [-0.25, -0.2) is 0 Å². The molecule has 1 N–H and O–H groups in total. The molecule has 1 aromatic rings. The second-order valence-electron chi connectivity index (χ2n) is 3.63. The summed E-state index contributed by atoms with van der Waals surface area (Å²) >= 11 is 0. The Kier molecular flexibility index (Phi) is 3.29. The summed E-state index contributed by atoms with van der Waals surface area (Å²) < 4.78 is 0. The number of hydrogen-bond donors (Lipinski definition) is 1. The minimum absolute atomic E-state index is 0.192. The third kappa shape index (κ3) is 2.76. The first-order valence-electron chi connectivity index (χ1n) is 5.24. The number of carbonyl (C=O) groups is 1. The first-order valence-corrected chi connectivity index (χ1v) is 5.24. The maximum absolute atomic E-state index is 11.5. The molecule has 0 spiro atoms. The number of rotatable bonds is 3. The molecule has 0 unspecified atom stereocenters. The fourth-order valence-corrected chi connectivity index (χ4v) is 1.68. The molecule has 1 saturated heterocycles. The largest absolute Gasteiger partial charge is 0.340 e. The minimum Gasteiger partial charge on any atom is -0.340 e. The number of pyridine rings is 1. The maximum Gasteiger partial charge on any atom is 0.236 e. The van der Waals surface area contributed by atoms with E-state index in [1.165, 1.54) is 0 Å². The number of aromatic nitrogens is 1. The Hall–Kier alpha value is -1.42. The fraction of sp³-hybridized carbons (Fsp3) is 0.455. The van der Waals surface area contributed by atoms with Crippen LogP contribution in [0.1, 0.15) is 5.69 Å². The van der Waals surface area contributed by atoms with Gasteiger partial charge < -0.3 is 10.2 Å². The van der Waals surface area contributed by atoms with Crippen LogP contribution in [0.15, 0.2) is 24.4 Å². The Morgan fingerprint density at radius 3 is 3.13 bits per heavy atom. The molecule has 0 radical (unpaired) electrons. The molecule has 15 heavy (non-hydrogen) atoms. The maximum atomic E-state index is 11.5. The van der Waals surface area contributed by atoms with Gasteiger partial charge in [-0.15, -0.1) is 0 Å². The summed E-state index contributed by atoms with van der Waals surface area (Å²) in [6.07, 6.45) is 2.63. The van der Waals surface area contributed by atoms with Gasteiger partial charge in [-0.05, 0) is 12.1 Å². The van der Waals surface area contributed by atoms with Crippen molar-refractivity contribution in [3.63, 3.8) is 0 Å². The van der Waals surface area contributed by atoms with E-state index in [-0.39, 0.29) is 5.91 Å². The average molecular weight is 205 g/mol. The van der Waals surface area contributed by atoms with Crippen molar-refractivity contribution in [2.75, 3.05) is 26.2 Å². The first kappa shape index (κ1) is 10.1. The number of nitrogens with zero attached hydrogens (tertiary/aromatic N) is 2. The van der Waals surface area contributed by atoms with Gasteiger partial charge in [0.1, 0.15) is 0 Å². The predicted molar refractivity (Wildman–Crippen MR) is 57.4 cm³/mol. The third-order valence-corrected chi connectivity index (χ3v) is 2.55. The normalized spacial score (nSPS) is 16.8. The SMILES string of the molecule is O=C1CNCCN1CCc1ccccn1. The Bertz CT molecular complexity index is 326. The monoisotopic (exact) mass is 205 g/mol. The summed E-state index contributed by atoms with van der Waals surface area (Å²) in [7, 11) is 0. The van der Waals surface area contributed by atoms with E-state index in [9.17, 15) is 4.79 Å². The lowest BCUT2D eigenvalue weighted by Crippen LogP contribution is -2.48. The number of amides is 1. The molecule has 1 aromatic heterocycles. The van der Waals surface area contributed by atoms with Crippen molar-refractivity contribution >= 4 is 5.91 Å². The highest BCUT2D eigenvalue weighted by Crippen LogP contribution is 1.99. The highest BCUT2D eigenvalue weighted by Gasteiger charge is 2.16. The summed E-state index contributed by atoms with van der Waals surface area (Å²) in [5.74, 6) is 0.192. The van der Waals surface area contributed by atoms with Gasteiger partial charge in [0.05, 0.1) is 6.54 Å². The van der Waals surface area contributed by atoms with Gasteiger partial charge in [0.25, 0.3) is 0 Å². The summed E-state index contributed by atoms with van der Waals surface area (Å²) in [5.41, 5.74) is 1.05. The van der Waals surface area contributed by atoms with Gasteiger partial charge in [0, 0.05) is 37.9 Å². The summed E-state index contributed by atoms with van der Waals surface area (Å²) in [6, 6.07) is 5.87. The van der Waals surface area contributed by atoms with Gasteiger partial charge in [-0.2, -0.15) is 0 Å². The molecule has 0 aromatic carbocycles. The van der Waals surface area contributed by atoms with E-state index in [4.69, 9.17) is 0 Å². The Labute approximate surface area is 89.3 Å². The first-order chi connectivity index (χ1) is 7.36. The Morgan fingerprint density at radius 1 is 1.47 bits per heavy atom. The Balaban J connectivity index is 1.85. The molecule has 0 saturated carbocycles. The van der Waals surface area contributed by atoms with Crippen molar-refractivity contribution < 1.29 is 4.79 Å². The van der Waals surface area contributed by atoms with Crippen LogP contribution in [-0.2, 0) is 11.2 Å². The van der Waals surface area contributed by atoms with Crippen LogP contribution in [0.5, 0.6) is 0 Å². The number of nitrogens with one attached hydrogen (secondary N) is 1. The molecular weight excluding hydrogens is 190 g/mol. The van der Waals surface area contributed by atoms with E-state index in [0.29, 0.717) is 6.54 Å². The van der Waals surface area contributed by atoms with Crippen LogP contribution in [0.25, 0.3) is 0 Å². The molecular formula is C11H15N3O. The van der Waals surface area contributed by atoms with Crippen LogP contribution in [0, 0.1) is 0 Å². The molecule has 1 fully saturated rings. The van der Waals surface area contributed by atoms with Gasteiger partial charge in [-0.3, -0.25) is 9.78 Å². The molecule has 2 heterocycles. The van der Waals surface area contributed by atoms with E-state index in [0.717, 1.165) is 31.7 Å². The predicted octanol–water partition coefficient (Wildman–Crippen LogP) is 0.0559. The molecule has 0 atom stereocenters. The van der Waals surface area contributed by atoms with Crippen LogP contribution in [0.2, 0.25) is 0 Å². The van der Waals surface area contributed by atoms with Crippen LogP contribution in [-0.4, -0.2) is 42.0 Å². The van der Waals surface area contributed by atoms with E-state index < -0.39 is 0 Å². The second kappa shape index (κ2) is 4.89. The molecule has 0 aliphatic carbocycles. The van der Waals surface area contributed by atoms with E-state index in [1.807, 2.05) is 23.1 Å². The quantitative estimate of drug-likeness (QED) is 0.758. The summed E-state index contributed by atoms with van der Waals surface area (Å²) in [5, 5.41) is 3.06. The van der Waals surface area contributed by atoms with Crippen LogP contribution in [0.4, 0.5) is 0 Å². The zero-order valence-corrected chi connectivity index (χ0v) is 8.65. The van der Waals surface area contributed by atoms with Crippen LogP contribution >= 0.6 is 0 Å². The summed E-state index contributed by atoms with van der Waals surface area (Å²) in [6.45, 7) is 2.96. The fourth-order valence-electron chi connectivity index (χ4n) is 1.68. The summed E-state index contributed by atoms with van der Waals surface area (Å²) in [4.78, 5) is 17.6. The van der Waals surface area contributed by atoms with Gasteiger partial charge in [0.2, 0.25) is 5.91 Å². The Morgan fingerprint density at radius 2 is 2.40 bits per heavy atom. The third-order valence-electron chi connectivity index (χ3n) is 2.55. The van der Waals surface area contributed by atoms with Crippen molar-refractivity contribution in [2.45, 2.75) is 6.42 Å². The van der Waals surface area contributed by atoms with Crippen molar-refractivity contribution in [2.24, 2.45) is 0 Å². The molecule has 1 amide bonds.